The third kappa shape index (κ3) is 7.17. The molecule has 3 N–H and O–H groups in total. The molecule has 7 nitrogen and oxygen atoms in total. The summed E-state index contributed by atoms with van der Waals surface area (Å²) in [6.07, 6.45) is 2.12. The van der Waals surface area contributed by atoms with Gasteiger partial charge in [0.05, 0.1) is 5.56 Å². The van der Waals surface area contributed by atoms with Crippen molar-refractivity contribution in [2.75, 3.05) is 13.2 Å². The maximum Gasteiger partial charge on any atom is 0.470 e. The average molecular weight is 444 g/mol. The summed E-state index contributed by atoms with van der Waals surface area (Å²) < 4.78 is 22.0. The molecule has 1 aliphatic carbocycles. The van der Waals surface area contributed by atoms with Gasteiger partial charge in [0.2, 0.25) is 0 Å². The van der Waals surface area contributed by atoms with Crippen molar-refractivity contribution in [2.45, 2.75) is 44.8 Å². The molecule has 0 amide bonds. The third-order valence-electron chi connectivity index (χ3n) is 5.46. The normalized spacial score (nSPS) is 15.3. The van der Waals surface area contributed by atoms with Crippen molar-refractivity contribution < 1.29 is 23.6 Å². The van der Waals surface area contributed by atoms with Gasteiger partial charge in [0.1, 0.15) is 24.5 Å². The van der Waals surface area contributed by atoms with Crippen molar-refractivity contribution in [1.29, 1.82) is 5.26 Å². The number of ether oxygens (including phenoxy) is 1. The molecule has 1 aliphatic rings. The van der Waals surface area contributed by atoms with E-state index in [9.17, 15) is 19.6 Å². The zero-order valence-corrected chi connectivity index (χ0v) is 18.7. The zero-order chi connectivity index (χ0) is 22.5. The Morgan fingerprint density at radius 1 is 1.16 bits per heavy atom. The fraction of sp³-hybridized carbons (Fsp3) is 0.435. The number of rotatable bonds is 10. The number of hydrogen-bond acceptors (Lipinski definition) is 5. The Hall–Kier alpha value is -2.20. The molecule has 0 aromatic heterocycles. The Labute approximate surface area is 183 Å². The lowest BCUT2D eigenvalue weighted by molar-refractivity contribution is 0.0816. The number of nitrogens with one attached hydrogen (secondary N) is 1. The maximum atomic E-state index is 11.4. The Morgan fingerprint density at radius 2 is 1.77 bits per heavy atom. The molecular weight excluding hydrogens is 415 g/mol. The molecule has 1 atom stereocenters. The third-order valence-corrected chi connectivity index (χ3v) is 6.03. The van der Waals surface area contributed by atoms with Crippen LogP contribution >= 0.6 is 7.82 Å². The van der Waals surface area contributed by atoms with Crippen molar-refractivity contribution >= 4 is 7.82 Å². The first-order valence-corrected chi connectivity index (χ1v) is 11.9. The lowest BCUT2D eigenvalue weighted by Gasteiger charge is -2.31. The number of para-hydroxylation sites is 1. The van der Waals surface area contributed by atoms with Crippen LogP contribution in [0.1, 0.15) is 37.0 Å². The average Bonchev–Trinajstić information content (AvgIpc) is 3.10. The molecule has 0 spiro atoms. The van der Waals surface area contributed by atoms with Crippen molar-refractivity contribution in [2.24, 2.45) is 5.92 Å². The summed E-state index contributed by atoms with van der Waals surface area (Å²) in [6, 6.07) is 17.2. The number of fused-ring (bicyclic) bond motifs is 1. The number of phosphoric ester groups is 1. The summed E-state index contributed by atoms with van der Waals surface area (Å²) in [5.41, 5.74) is 2.89. The predicted molar refractivity (Wildman–Crippen MR) is 118 cm³/mol. The molecule has 0 radical (unpaired) electrons. The molecule has 0 heterocycles. The zero-order valence-electron chi connectivity index (χ0n) is 17.8. The Kier molecular flexibility index (Phi) is 7.53. The lowest BCUT2D eigenvalue weighted by Crippen LogP contribution is -2.46. The van der Waals surface area contributed by atoms with Crippen LogP contribution in [0.4, 0.5) is 0 Å². The van der Waals surface area contributed by atoms with Crippen LogP contribution in [0.5, 0.6) is 5.75 Å². The molecule has 0 bridgehead atoms. The quantitative estimate of drug-likeness (QED) is 0.480. The largest absolute Gasteiger partial charge is 0.489 e. The monoisotopic (exact) mass is 444 g/mol. The Balaban J connectivity index is 1.57. The maximum absolute atomic E-state index is 11.4. The highest BCUT2D eigenvalue weighted by atomic mass is 31.2. The van der Waals surface area contributed by atoms with Gasteiger partial charge in [-0.3, -0.25) is 4.52 Å². The van der Waals surface area contributed by atoms with Crippen LogP contribution < -0.4 is 10.1 Å². The van der Waals surface area contributed by atoms with E-state index in [-0.39, 0.29) is 18.7 Å². The number of nitriles is 1. The molecule has 166 valence electrons. The summed E-state index contributed by atoms with van der Waals surface area (Å²) in [4.78, 5) is 18.6. The van der Waals surface area contributed by atoms with Crippen molar-refractivity contribution in [3.05, 3.63) is 65.2 Å². The van der Waals surface area contributed by atoms with Gasteiger partial charge in [-0.1, -0.05) is 36.4 Å². The van der Waals surface area contributed by atoms with Crippen molar-refractivity contribution in [3.8, 4) is 11.8 Å². The van der Waals surface area contributed by atoms with Gasteiger partial charge >= 0.3 is 7.82 Å². The molecule has 0 fully saturated rings. The molecule has 0 unspecified atom stereocenters. The van der Waals surface area contributed by atoms with Gasteiger partial charge < -0.3 is 19.8 Å². The molecule has 2 aromatic rings. The summed E-state index contributed by atoms with van der Waals surface area (Å²) in [7, 11) is -4.70. The minimum absolute atomic E-state index is 0.0955. The van der Waals surface area contributed by atoms with Gasteiger partial charge in [0.15, 0.2) is 0 Å². The van der Waals surface area contributed by atoms with E-state index >= 15 is 0 Å². The van der Waals surface area contributed by atoms with E-state index in [2.05, 4.69) is 43.4 Å². The van der Waals surface area contributed by atoms with Gasteiger partial charge in [-0.25, -0.2) is 4.57 Å². The van der Waals surface area contributed by atoms with Gasteiger partial charge in [-0.15, -0.1) is 0 Å². The number of phosphoric acid groups is 1. The van der Waals surface area contributed by atoms with E-state index in [0.717, 1.165) is 19.3 Å². The summed E-state index contributed by atoms with van der Waals surface area (Å²) in [5.74, 6) is 0.868. The van der Waals surface area contributed by atoms with Crippen LogP contribution in [-0.2, 0) is 21.9 Å². The molecule has 0 saturated carbocycles. The summed E-state index contributed by atoms with van der Waals surface area (Å²) in [6.45, 7) is 4.26. The van der Waals surface area contributed by atoms with Gasteiger partial charge in [-0.05, 0) is 62.3 Å². The van der Waals surface area contributed by atoms with E-state index in [1.807, 2.05) is 6.07 Å². The highest BCUT2D eigenvalue weighted by Gasteiger charge is 2.30. The highest BCUT2D eigenvalue weighted by Crippen LogP contribution is 2.38. The molecule has 0 aliphatic heterocycles. The summed E-state index contributed by atoms with van der Waals surface area (Å²) >= 11 is 0. The van der Waals surface area contributed by atoms with Crippen LogP contribution in [0.3, 0.4) is 0 Å². The highest BCUT2D eigenvalue weighted by molar-refractivity contribution is 7.46. The van der Waals surface area contributed by atoms with Gasteiger partial charge in [0.25, 0.3) is 0 Å². The van der Waals surface area contributed by atoms with Crippen LogP contribution in [0, 0.1) is 17.2 Å². The SMILES string of the molecule is CC(C)(CC1Cc2ccccc2C1)NC[C@@H](COc1ccccc1C#N)OP(=O)(O)O. The van der Waals surface area contributed by atoms with Crippen molar-refractivity contribution in [3.63, 3.8) is 0 Å². The van der Waals surface area contributed by atoms with E-state index in [0.29, 0.717) is 17.2 Å². The smallest absolute Gasteiger partial charge is 0.470 e. The molecule has 2 aromatic carbocycles. The number of benzene rings is 2. The lowest BCUT2D eigenvalue weighted by atomic mass is 9.88. The molecule has 3 rings (SSSR count). The molecule has 8 heteroatoms. The predicted octanol–water partition coefficient (Wildman–Crippen LogP) is 3.59. The minimum atomic E-state index is -4.70. The second-order valence-corrected chi connectivity index (χ2v) is 9.84. The van der Waals surface area contributed by atoms with Crippen LogP contribution in [0.25, 0.3) is 0 Å². The number of hydrogen-bond donors (Lipinski definition) is 3. The van der Waals surface area contributed by atoms with E-state index < -0.39 is 13.9 Å². The first-order chi connectivity index (χ1) is 14.6. The number of nitrogens with zero attached hydrogens (tertiary/aromatic N) is 1. The van der Waals surface area contributed by atoms with Crippen LogP contribution in [-0.4, -0.2) is 34.6 Å². The first kappa shape index (κ1) is 23.5. The first-order valence-electron chi connectivity index (χ1n) is 10.3. The topological polar surface area (TPSA) is 112 Å². The van der Waals surface area contributed by atoms with Crippen molar-refractivity contribution in [1.82, 2.24) is 5.32 Å². The van der Waals surface area contributed by atoms with E-state index in [1.54, 1.807) is 24.3 Å². The Morgan fingerprint density at radius 3 is 2.39 bits per heavy atom. The Bertz CT molecular complexity index is 957. The van der Waals surface area contributed by atoms with E-state index in [4.69, 9.17) is 9.26 Å². The van der Waals surface area contributed by atoms with Crippen LogP contribution in [0.15, 0.2) is 48.5 Å². The fourth-order valence-corrected chi connectivity index (χ4v) is 4.69. The minimum Gasteiger partial charge on any atom is -0.489 e. The summed E-state index contributed by atoms with van der Waals surface area (Å²) in [5, 5.41) is 12.6. The molecule has 0 saturated heterocycles. The van der Waals surface area contributed by atoms with Gasteiger partial charge in [-0.2, -0.15) is 5.26 Å². The molecule has 31 heavy (non-hydrogen) atoms. The van der Waals surface area contributed by atoms with E-state index in [1.165, 1.54) is 11.1 Å². The van der Waals surface area contributed by atoms with Gasteiger partial charge in [0, 0.05) is 12.1 Å². The van der Waals surface area contributed by atoms with Crippen LogP contribution in [0.2, 0.25) is 0 Å². The second kappa shape index (κ2) is 9.95. The fourth-order valence-electron chi connectivity index (χ4n) is 4.17. The standard InChI is InChI=1S/C23H29N2O5P/c1-23(2,13-17-11-18-7-3-4-8-19(18)12-17)25-15-21(30-31(26,27)28)16-29-22-10-6-5-9-20(22)14-24/h3-10,17,21,25H,11-13,15-16H2,1-2H3,(H2,26,27,28)/t21-/m0/s1. The second-order valence-electron chi connectivity index (χ2n) is 8.65. The molecular formula is C23H29N2O5P.